The predicted molar refractivity (Wildman–Crippen MR) is 51.8 cm³/mol. The van der Waals surface area contributed by atoms with E-state index >= 15 is 0 Å². The molecule has 0 fully saturated rings. The summed E-state index contributed by atoms with van der Waals surface area (Å²) in [6.45, 7) is 5.48. The number of Topliss-reactive ketones (excluding diaryl/α,β-unsaturated/α-hetero) is 1. The molecule has 0 atom stereocenters. The first-order chi connectivity index (χ1) is 6.25. The van der Waals surface area contributed by atoms with Crippen molar-refractivity contribution in [3.63, 3.8) is 0 Å². The van der Waals surface area contributed by atoms with E-state index < -0.39 is 0 Å². The van der Waals surface area contributed by atoms with Gasteiger partial charge >= 0.3 is 0 Å². The van der Waals surface area contributed by atoms with Crippen LogP contribution in [0.15, 0.2) is 29.4 Å². The molecule has 2 nitrogen and oxygen atoms in total. The number of carbonyl (C=O) groups is 1. The van der Waals surface area contributed by atoms with Crippen LogP contribution in [0.2, 0.25) is 0 Å². The zero-order chi connectivity index (χ0) is 9.68. The van der Waals surface area contributed by atoms with Crippen LogP contribution in [0.4, 0.5) is 0 Å². The van der Waals surface area contributed by atoms with Gasteiger partial charge in [0.25, 0.3) is 0 Å². The number of hydrogen-bond acceptors (Lipinski definition) is 2. The zero-order valence-corrected chi connectivity index (χ0v) is 7.88. The number of carbonyl (C=O) groups excluding carboxylic acids is 1. The van der Waals surface area contributed by atoms with Crippen LogP contribution in [0.3, 0.4) is 0 Å². The summed E-state index contributed by atoms with van der Waals surface area (Å²) in [5.41, 5.74) is 0.920. The summed E-state index contributed by atoms with van der Waals surface area (Å²) in [6, 6.07) is 1.81. The highest BCUT2D eigenvalue weighted by Crippen LogP contribution is 2.12. The summed E-state index contributed by atoms with van der Waals surface area (Å²) in [5.74, 6) is 0.591. The van der Waals surface area contributed by atoms with Gasteiger partial charge in [-0.2, -0.15) is 0 Å². The Kier molecular flexibility index (Phi) is 3.50. The first-order valence-electron chi connectivity index (χ1n) is 4.44. The number of aryl methyl sites for hydroxylation is 1. The van der Waals surface area contributed by atoms with Crippen LogP contribution in [-0.2, 0) is 0 Å². The molecule has 1 aromatic heterocycles. The van der Waals surface area contributed by atoms with Crippen LogP contribution in [-0.4, -0.2) is 5.78 Å². The van der Waals surface area contributed by atoms with Crippen molar-refractivity contribution in [3.8, 4) is 0 Å². The lowest BCUT2D eigenvalue weighted by atomic mass is 10.1. The fraction of sp³-hybridized carbons (Fsp3) is 0.364. The van der Waals surface area contributed by atoms with Crippen molar-refractivity contribution >= 4 is 5.78 Å². The van der Waals surface area contributed by atoms with Crippen molar-refractivity contribution in [1.82, 2.24) is 0 Å². The molecule has 0 N–H and O–H groups in total. The normalized spacial score (nSPS) is 9.92. The highest BCUT2D eigenvalue weighted by molar-refractivity contribution is 5.94. The average Bonchev–Trinajstić information content (AvgIpc) is 2.52. The molecule has 0 radical (unpaired) electrons. The molecule has 13 heavy (non-hydrogen) atoms. The molecule has 0 saturated heterocycles. The second kappa shape index (κ2) is 4.65. The fourth-order valence-electron chi connectivity index (χ4n) is 1.18. The molecule has 0 aliphatic rings. The van der Waals surface area contributed by atoms with E-state index in [1.54, 1.807) is 12.3 Å². The van der Waals surface area contributed by atoms with Gasteiger partial charge < -0.3 is 4.42 Å². The summed E-state index contributed by atoms with van der Waals surface area (Å²) in [5, 5.41) is 0. The summed E-state index contributed by atoms with van der Waals surface area (Å²) in [7, 11) is 0. The van der Waals surface area contributed by atoms with E-state index in [1.807, 2.05) is 13.0 Å². The van der Waals surface area contributed by atoms with Crippen LogP contribution >= 0.6 is 0 Å². The molecular formula is C11H14O2. The standard InChI is InChI=1S/C11H14O2/c1-3-4-5-6-10(12)11-9(2)7-8-13-11/h3,7-8H,1,4-6H2,2H3. The first kappa shape index (κ1) is 9.78. The minimum absolute atomic E-state index is 0.0874. The smallest absolute Gasteiger partial charge is 0.198 e. The van der Waals surface area contributed by atoms with E-state index in [0.717, 1.165) is 18.4 Å². The molecule has 1 heterocycles. The molecule has 0 amide bonds. The van der Waals surface area contributed by atoms with Crippen LogP contribution in [0.5, 0.6) is 0 Å². The molecule has 70 valence electrons. The van der Waals surface area contributed by atoms with Crippen molar-refractivity contribution in [1.29, 1.82) is 0 Å². The number of unbranched alkanes of at least 4 members (excludes halogenated alkanes) is 1. The van der Waals surface area contributed by atoms with Gasteiger partial charge in [-0.05, 0) is 31.4 Å². The SMILES string of the molecule is C=CCCCC(=O)c1occc1C. The molecule has 0 spiro atoms. The number of ketones is 1. The number of furan rings is 1. The van der Waals surface area contributed by atoms with E-state index in [-0.39, 0.29) is 5.78 Å². The highest BCUT2D eigenvalue weighted by atomic mass is 16.3. The van der Waals surface area contributed by atoms with Crippen molar-refractivity contribution in [2.75, 3.05) is 0 Å². The van der Waals surface area contributed by atoms with Crippen molar-refractivity contribution < 1.29 is 9.21 Å². The van der Waals surface area contributed by atoms with Gasteiger partial charge in [-0.1, -0.05) is 6.08 Å². The largest absolute Gasteiger partial charge is 0.461 e. The molecule has 2 heteroatoms. The second-order valence-corrected chi connectivity index (χ2v) is 3.04. The van der Waals surface area contributed by atoms with Gasteiger partial charge in [0, 0.05) is 6.42 Å². The van der Waals surface area contributed by atoms with Crippen LogP contribution in [0.25, 0.3) is 0 Å². The first-order valence-corrected chi connectivity index (χ1v) is 4.44. The molecule has 0 aromatic carbocycles. The molecule has 0 saturated carbocycles. The van der Waals surface area contributed by atoms with Gasteiger partial charge in [-0.3, -0.25) is 4.79 Å². The Labute approximate surface area is 78.3 Å². The molecule has 0 bridgehead atoms. The monoisotopic (exact) mass is 178 g/mol. The molecule has 1 aromatic rings. The maximum absolute atomic E-state index is 11.5. The average molecular weight is 178 g/mol. The fourth-order valence-corrected chi connectivity index (χ4v) is 1.18. The third kappa shape index (κ3) is 2.58. The minimum Gasteiger partial charge on any atom is -0.461 e. The lowest BCUT2D eigenvalue weighted by molar-refractivity contribution is 0.0952. The Hall–Kier alpha value is -1.31. The van der Waals surface area contributed by atoms with Gasteiger partial charge in [-0.15, -0.1) is 6.58 Å². The van der Waals surface area contributed by atoms with Gasteiger partial charge in [0.15, 0.2) is 11.5 Å². The highest BCUT2D eigenvalue weighted by Gasteiger charge is 2.11. The van der Waals surface area contributed by atoms with Gasteiger partial charge in [-0.25, -0.2) is 0 Å². The lowest BCUT2D eigenvalue weighted by Gasteiger charge is -1.96. The summed E-state index contributed by atoms with van der Waals surface area (Å²) < 4.78 is 5.08. The topological polar surface area (TPSA) is 30.2 Å². The van der Waals surface area contributed by atoms with Crippen molar-refractivity contribution in [2.24, 2.45) is 0 Å². The van der Waals surface area contributed by atoms with E-state index in [4.69, 9.17) is 4.42 Å². The van der Waals surface area contributed by atoms with Gasteiger partial charge in [0.05, 0.1) is 6.26 Å². The van der Waals surface area contributed by atoms with E-state index in [0.29, 0.717) is 12.2 Å². The Bertz CT molecular complexity index is 297. The molecule has 0 unspecified atom stereocenters. The quantitative estimate of drug-likeness (QED) is 0.394. The maximum Gasteiger partial charge on any atom is 0.198 e. The Balaban J connectivity index is 2.49. The Morgan fingerprint density at radius 2 is 2.46 bits per heavy atom. The summed E-state index contributed by atoms with van der Waals surface area (Å²) in [4.78, 5) is 11.5. The molecule has 0 aliphatic carbocycles. The van der Waals surface area contributed by atoms with Crippen molar-refractivity contribution in [3.05, 3.63) is 36.3 Å². The third-order valence-electron chi connectivity index (χ3n) is 1.93. The Morgan fingerprint density at radius 1 is 1.69 bits per heavy atom. The predicted octanol–water partition coefficient (Wildman–Crippen LogP) is 3.13. The van der Waals surface area contributed by atoms with Crippen LogP contribution in [0.1, 0.15) is 35.4 Å². The Morgan fingerprint density at radius 3 is 3.00 bits per heavy atom. The van der Waals surface area contributed by atoms with Crippen LogP contribution < -0.4 is 0 Å². The number of hydrogen-bond donors (Lipinski definition) is 0. The van der Waals surface area contributed by atoms with Crippen molar-refractivity contribution in [2.45, 2.75) is 26.2 Å². The third-order valence-corrected chi connectivity index (χ3v) is 1.93. The zero-order valence-electron chi connectivity index (χ0n) is 7.88. The molecule has 0 aliphatic heterocycles. The van der Waals surface area contributed by atoms with Gasteiger partial charge in [0.2, 0.25) is 0 Å². The lowest BCUT2D eigenvalue weighted by Crippen LogP contribution is -1.98. The number of allylic oxidation sites excluding steroid dienone is 1. The number of rotatable bonds is 5. The van der Waals surface area contributed by atoms with Gasteiger partial charge in [0.1, 0.15) is 0 Å². The molecule has 1 rings (SSSR count). The van der Waals surface area contributed by atoms with E-state index in [9.17, 15) is 4.79 Å². The summed E-state index contributed by atoms with van der Waals surface area (Å²) >= 11 is 0. The van der Waals surface area contributed by atoms with Crippen LogP contribution in [0, 0.1) is 6.92 Å². The maximum atomic E-state index is 11.5. The molecular weight excluding hydrogens is 164 g/mol. The second-order valence-electron chi connectivity index (χ2n) is 3.04. The van der Waals surface area contributed by atoms with E-state index in [2.05, 4.69) is 6.58 Å². The minimum atomic E-state index is 0.0874. The summed E-state index contributed by atoms with van der Waals surface area (Å²) in [6.07, 6.45) is 5.65. The van der Waals surface area contributed by atoms with E-state index in [1.165, 1.54) is 0 Å².